The second-order valence-corrected chi connectivity index (χ2v) is 4.77. The normalized spacial score (nSPS) is 17.9. The number of fused-ring (bicyclic) bond motifs is 1. The first-order valence-electron chi connectivity index (χ1n) is 6.52. The van der Waals surface area contributed by atoms with Crippen LogP contribution < -0.4 is 10.5 Å². The van der Waals surface area contributed by atoms with E-state index in [1.807, 2.05) is 6.07 Å². The largest absolute Gasteiger partial charge is 0.508 e. The SMILES string of the molecule is CCC(CC)[C@H]1C(C#N)=C(N)Oc2cc(O)ccc21. The maximum atomic E-state index is 9.53. The minimum Gasteiger partial charge on any atom is -0.508 e. The van der Waals surface area contributed by atoms with E-state index in [-0.39, 0.29) is 17.6 Å². The lowest BCUT2D eigenvalue weighted by atomic mass is 9.77. The standard InChI is InChI=1S/C15H18N2O2/c1-3-9(4-2)14-11-6-5-10(18)7-13(11)19-15(17)12(14)8-16/h5-7,9,14,18H,3-4,17H2,1-2H3/t14-/m1/s1. The molecule has 0 unspecified atom stereocenters. The van der Waals surface area contributed by atoms with Gasteiger partial charge >= 0.3 is 0 Å². The van der Waals surface area contributed by atoms with Crippen LogP contribution in [-0.4, -0.2) is 5.11 Å². The van der Waals surface area contributed by atoms with Gasteiger partial charge in [0.2, 0.25) is 5.88 Å². The van der Waals surface area contributed by atoms with E-state index in [9.17, 15) is 10.4 Å². The average molecular weight is 258 g/mol. The molecule has 1 aliphatic heterocycles. The van der Waals surface area contributed by atoms with Crippen molar-refractivity contribution in [2.75, 3.05) is 0 Å². The highest BCUT2D eigenvalue weighted by atomic mass is 16.5. The van der Waals surface area contributed by atoms with E-state index in [4.69, 9.17) is 10.5 Å². The number of phenols is 1. The molecule has 0 fully saturated rings. The molecule has 19 heavy (non-hydrogen) atoms. The highest BCUT2D eigenvalue weighted by Crippen LogP contribution is 2.45. The van der Waals surface area contributed by atoms with Gasteiger partial charge in [0.15, 0.2) is 0 Å². The first kappa shape index (κ1) is 13.3. The predicted molar refractivity (Wildman–Crippen MR) is 72.4 cm³/mol. The van der Waals surface area contributed by atoms with E-state index in [0.717, 1.165) is 18.4 Å². The van der Waals surface area contributed by atoms with Crippen molar-refractivity contribution in [1.29, 1.82) is 5.26 Å². The second kappa shape index (κ2) is 5.23. The van der Waals surface area contributed by atoms with Crippen LogP contribution in [0.4, 0.5) is 0 Å². The number of allylic oxidation sites excluding steroid dienone is 1. The van der Waals surface area contributed by atoms with Gasteiger partial charge in [0.05, 0.1) is 5.57 Å². The van der Waals surface area contributed by atoms with Gasteiger partial charge in [-0.15, -0.1) is 0 Å². The molecule has 4 nitrogen and oxygen atoms in total. The summed E-state index contributed by atoms with van der Waals surface area (Å²) in [5.74, 6) is 1.12. The molecule has 1 aromatic rings. The van der Waals surface area contributed by atoms with Crippen molar-refractivity contribution in [1.82, 2.24) is 0 Å². The Morgan fingerprint density at radius 2 is 2.11 bits per heavy atom. The van der Waals surface area contributed by atoms with Crippen LogP contribution in [0.15, 0.2) is 29.7 Å². The lowest BCUT2D eigenvalue weighted by Crippen LogP contribution is -2.24. The van der Waals surface area contributed by atoms with Crippen molar-refractivity contribution in [3.63, 3.8) is 0 Å². The van der Waals surface area contributed by atoms with Crippen LogP contribution in [0.5, 0.6) is 11.5 Å². The van der Waals surface area contributed by atoms with Gasteiger partial charge in [-0.25, -0.2) is 0 Å². The van der Waals surface area contributed by atoms with E-state index in [1.165, 1.54) is 0 Å². The maximum absolute atomic E-state index is 9.53. The molecule has 1 heterocycles. The number of nitriles is 1. The Labute approximate surface area is 113 Å². The summed E-state index contributed by atoms with van der Waals surface area (Å²) < 4.78 is 5.46. The summed E-state index contributed by atoms with van der Waals surface area (Å²) >= 11 is 0. The molecule has 4 heteroatoms. The number of benzene rings is 1. The molecule has 0 spiro atoms. The monoisotopic (exact) mass is 258 g/mol. The lowest BCUT2D eigenvalue weighted by molar-refractivity contribution is 0.347. The number of phenolic OH excluding ortho intramolecular Hbond substituents is 1. The van der Waals surface area contributed by atoms with Crippen LogP contribution in [-0.2, 0) is 0 Å². The Morgan fingerprint density at radius 1 is 1.42 bits per heavy atom. The molecule has 1 atom stereocenters. The quantitative estimate of drug-likeness (QED) is 0.873. The molecule has 3 N–H and O–H groups in total. The van der Waals surface area contributed by atoms with Crippen molar-refractivity contribution in [2.24, 2.45) is 11.7 Å². The summed E-state index contributed by atoms with van der Waals surface area (Å²) in [7, 11) is 0. The van der Waals surface area contributed by atoms with Gasteiger partial charge in [0.25, 0.3) is 0 Å². The summed E-state index contributed by atoms with van der Waals surface area (Å²) in [6.07, 6.45) is 1.92. The minimum atomic E-state index is -0.0515. The molecule has 0 aromatic heterocycles. The highest BCUT2D eigenvalue weighted by Gasteiger charge is 2.33. The van der Waals surface area contributed by atoms with Crippen LogP contribution >= 0.6 is 0 Å². The summed E-state index contributed by atoms with van der Waals surface area (Å²) in [5, 5.41) is 18.9. The fraction of sp³-hybridized carbons (Fsp3) is 0.400. The smallest absolute Gasteiger partial charge is 0.205 e. The second-order valence-electron chi connectivity index (χ2n) is 4.77. The molecule has 100 valence electrons. The average Bonchev–Trinajstić information content (AvgIpc) is 2.39. The Kier molecular flexibility index (Phi) is 3.66. The number of rotatable bonds is 3. The Hall–Kier alpha value is -2.15. The topological polar surface area (TPSA) is 79.3 Å². The number of nitrogens with two attached hydrogens (primary N) is 1. The van der Waals surface area contributed by atoms with E-state index in [2.05, 4.69) is 19.9 Å². The molecule has 1 aliphatic rings. The van der Waals surface area contributed by atoms with Gasteiger partial charge in [-0.05, 0) is 12.0 Å². The van der Waals surface area contributed by atoms with Crippen molar-refractivity contribution in [3.05, 3.63) is 35.2 Å². The summed E-state index contributed by atoms with van der Waals surface area (Å²) in [4.78, 5) is 0. The number of nitrogens with zero attached hydrogens (tertiary/aromatic N) is 1. The van der Waals surface area contributed by atoms with Crippen LogP contribution in [0.3, 0.4) is 0 Å². The number of ether oxygens (including phenoxy) is 1. The van der Waals surface area contributed by atoms with Gasteiger partial charge in [-0.2, -0.15) is 5.26 Å². The van der Waals surface area contributed by atoms with Gasteiger partial charge < -0.3 is 15.6 Å². The molecule has 0 bridgehead atoms. The molecule has 0 saturated carbocycles. The van der Waals surface area contributed by atoms with Crippen molar-refractivity contribution >= 4 is 0 Å². The molecule has 0 aliphatic carbocycles. The van der Waals surface area contributed by atoms with E-state index >= 15 is 0 Å². The predicted octanol–water partition coefficient (Wildman–Crippen LogP) is 3.00. The Balaban J connectivity index is 2.58. The van der Waals surface area contributed by atoms with Crippen molar-refractivity contribution in [2.45, 2.75) is 32.6 Å². The molecule has 0 amide bonds. The zero-order chi connectivity index (χ0) is 14.0. The van der Waals surface area contributed by atoms with E-state index in [0.29, 0.717) is 17.2 Å². The Morgan fingerprint density at radius 3 is 2.68 bits per heavy atom. The van der Waals surface area contributed by atoms with Gasteiger partial charge in [0.1, 0.15) is 17.6 Å². The van der Waals surface area contributed by atoms with Crippen molar-refractivity contribution < 1.29 is 9.84 Å². The third kappa shape index (κ3) is 2.24. The molecule has 0 radical (unpaired) electrons. The zero-order valence-electron chi connectivity index (χ0n) is 11.2. The first-order chi connectivity index (χ1) is 9.12. The van der Waals surface area contributed by atoms with Crippen LogP contribution in [0, 0.1) is 17.2 Å². The van der Waals surface area contributed by atoms with E-state index < -0.39 is 0 Å². The van der Waals surface area contributed by atoms with Crippen LogP contribution in [0.2, 0.25) is 0 Å². The number of hydrogen-bond acceptors (Lipinski definition) is 4. The van der Waals surface area contributed by atoms with Gasteiger partial charge in [-0.3, -0.25) is 0 Å². The molecule has 2 rings (SSSR count). The van der Waals surface area contributed by atoms with Crippen molar-refractivity contribution in [3.8, 4) is 17.6 Å². The van der Waals surface area contributed by atoms with Crippen LogP contribution in [0.25, 0.3) is 0 Å². The van der Waals surface area contributed by atoms with Gasteiger partial charge in [-0.1, -0.05) is 32.8 Å². The summed E-state index contributed by atoms with van der Waals surface area (Å²) in [6, 6.07) is 7.16. The fourth-order valence-corrected chi connectivity index (χ4v) is 2.72. The number of hydrogen-bond donors (Lipinski definition) is 2. The first-order valence-corrected chi connectivity index (χ1v) is 6.52. The van der Waals surface area contributed by atoms with E-state index in [1.54, 1.807) is 12.1 Å². The highest BCUT2D eigenvalue weighted by molar-refractivity contribution is 5.52. The summed E-state index contributed by atoms with van der Waals surface area (Å²) in [6.45, 7) is 4.21. The lowest BCUT2D eigenvalue weighted by Gasteiger charge is -2.31. The Bertz CT molecular complexity index is 554. The third-order valence-electron chi connectivity index (χ3n) is 3.77. The molecular weight excluding hydrogens is 240 g/mol. The number of aromatic hydroxyl groups is 1. The molecule has 1 aromatic carbocycles. The summed E-state index contributed by atoms with van der Waals surface area (Å²) in [5.41, 5.74) is 7.27. The maximum Gasteiger partial charge on any atom is 0.205 e. The fourth-order valence-electron chi connectivity index (χ4n) is 2.72. The molecule has 0 saturated heterocycles. The third-order valence-corrected chi connectivity index (χ3v) is 3.77. The van der Waals surface area contributed by atoms with Gasteiger partial charge in [0, 0.05) is 17.5 Å². The minimum absolute atomic E-state index is 0.0515. The van der Waals surface area contributed by atoms with Crippen LogP contribution in [0.1, 0.15) is 38.2 Å². The molecular formula is C15H18N2O2. The zero-order valence-corrected chi connectivity index (χ0v) is 11.2.